The largest absolute Gasteiger partial charge is 0.370 e. The number of nitrogens with zero attached hydrogens (tertiary/aromatic N) is 1. The van der Waals surface area contributed by atoms with Crippen LogP contribution < -0.4 is 16.0 Å². The van der Waals surface area contributed by atoms with Gasteiger partial charge in [0.25, 0.3) is 5.91 Å². The highest BCUT2D eigenvalue weighted by Crippen LogP contribution is 2.09. The van der Waals surface area contributed by atoms with Gasteiger partial charge in [-0.25, -0.2) is 4.98 Å². The molecule has 0 spiro atoms. The third kappa shape index (κ3) is 4.95. The molecule has 3 N–H and O–H groups in total. The third-order valence-electron chi connectivity index (χ3n) is 2.49. The van der Waals surface area contributed by atoms with E-state index < -0.39 is 0 Å². The van der Waals surface area contributed by atoms with Gasteiger partial charge >= 0.3 is 0 Å². The molecular weight excluding hydrogens is 244 g/mol. The average Bonchev–Trinajstić information content (AvgIpc) is 2.38. The van der Waals surface area contributed by atoms with Gasteiger partial charge in [-0.3, -0.25) is 9.59 Å². The summed E-state index contributed by atoms with van der Waals surface area (Å²) in [6.45, 7) is 4.86. The number of anilines is 1. The van der Waals surface area contributed by atoms with E-state index >= 15 is 0 Å². The normalized spacial score (nSPS) is 9.84. The van der Waals surface area contributed by atoms with Crippen LogP contribution in [0.5, 0.6) is 0 Å². The van der Waals surface area contributed by atoms with E-state index in [1.54, 1.807) is 19.2 Å². The van der Waals surface area contributed by atoms with Crippen LogP contribution in [0.1, 0.15) is 29.4 Å². The van der Waals surface area contributed by atoms with Crippen LogP contribution in [-0.4, -0.2) is 36.9 Å². The van der Waals surface area contributed by atoms with E-state index in [0.29, 0.717) is 17.9 Å². The molecule has 6 nitrogen and oxygen atoms in total. The summed E-state index contributed by atoms with van der Waals surface area (Å²) in [5, 5.41) is 8.28. The summed E-state index contributed by atoms with van der Waals surface area (Å²) in [4.78, 5) is 27.2. The Kier molecular flexibility index (Phi) is 5.78. The summed E-state index contributed by atoms with van der Waals surface area (Å²) in [6.07, 6.45) is 0.270. The number of carbonyl (C=O) groups excluding carboxylic acids is 2. The molecule has 1 heterocycles. The number of pyridine rings is 1. The zero-order valence-electron chi connectivity index (χ0n) is 11.5. The molecule has 0 aliphatic carbocycles. The van der Waals surface area contributed by atoms with Crippen LogP contribution in [0.2, 0.25) is 0 Å². The lowest BCUT2D eigenvalue weighted by molar-refractivity contribution is -0.120. The van der Waals surface area contributed by atoms with E-state index in [0.717, 1.165) is 12.2 Å². The summed E-state index contributed by atoms with van der Waals surface area (Å²) in [7, 11) is 1.57. The quantitative estimate of drug-likeness (QED) is 0.706. The number of amides is 2. The lowest BCUT2D eigenvalue weighted by Crippen LogP contribution is -2.29. The van der Waals surface area contributed by atoms with Gasteiger partial charge in [0.15, 0.2) is 0 Å². The SMILES string of the molecule is CCNc1cc(C(=O)NCCC(=O)NC)cc(C)n1. The Balaban J connectivity index is 2.63. The van der Waals surface area contributed by atoms with Gasteiger partial charge in [0.2, 0.25) is 5.91 Å². The Morgan fingerprint density at radius 3 is 2.68 bits per heavy atom. The first-order valence-electron chi connectivity index (χ1n) is 6.28. The van der Waals surface area contributed by atoms with E-state index in [1.807, 2.05) is 13.8 Å². The zero-order chi connectivity index (χ0) is 14.3. The minimum atomic E-state index is -0.200. The van der Waals surface area contributed by atoms with Crippen molar-refractivity contribution in [2.45, 2.75) is 20.3 Å². The van der Waals surface area contributed by atoms with Crippen molar-refractivity contribution < 1.29 is 9.59 Å². The van der Waals surface area contributed by atoms with Crippen molar-refractivity contribution in [1.29, 1.82) is 0 Å². The minimum absolute atomic E-state index is 0.0976. The molecule has 0 saturated carbocycles. The molecule has 0 saturated heterocycles. The van der Waals surface area contributed by atoms with Gasteiger partial charge in [-0.15, -0.1) is 0 Å². The van der Waals surface area contributed by atoms with Crippen LogP contribution in [0.3, 0.4) is 0 Å². The number of aromatic nitrogens is 1. The Bertz CT molecular complexity index is 460. The molecule has 104 valence electrons. The van der Waals surface area contributed by atoms with Crippen LogP contribution in [0.4, 0.5) is 5.82 Å². The maximum atomic E-state index is 11.9. The van der Waals surface area contributed by atoms with Gasteiger partial charge in [0.1, 0.15) is 5.82 Å². The van der Waals surface area contributed by atoms with Gasteiger partial charge in [-0.1, -0.05) is 0 Å². The van der Waals surface area contributed by atoms with E-state index in [9.17, 15) is 9.59 Å². The molecule has 0 atom stereocenters. The molecule has 0 fully saturated rings. The number of nitrogens with one attached hydrogen (secondary N) is 3. The number of hydrogen-bond acceptors (Lipinski definition) is 4. The highest BCUT2D eigenvalue weighted by Gasteiger charge is 2.08. The Labute approximate surface area is 113 Å². The van der Waals surface area contributed by atoms with Crippen molar-refractivity contribution >= 4 is 17.6 Å². The smallest absolute Gasteiger partial charge is 0.251 e. The molecule has 1 aromatic heterocycles. The number of carbonyl (C=O) groups is 2. The van der Waals surface area contributed by atoms with Crippen molar-refractivity contribution in [2.75, 3.05) is 25.5 Å². The molecule has 1 aromatic rings. The molecule has 1 rings (SSSR count). The molecule has 6 heteroatoms. The summed E-state index contributed by atoms with van der Waals surface area (Å²) in [5.41, 5.74) is 1.32. The fourth-order valence-electron chi connectivity index (χ4n) is 1.59. The van der Waals surface area contributed by atoms with Crippen molar-refractivity contribution in [1.82, 2.24) is 15.6 Å². The standard InChI is InChI=1S/C13H20N4O2/c1-4-15-11-8-10(7-9(2)17-11)13(19)16-6-5-12(18)14-3/h7-8H,4-6H2,1-3H3,(H,14,18)(H,15,17)(H,16,19). The maximum absolute atomic E-state index is 11.9. The maximum Gasteiger partial charge on any atom is 0.251 e. The highest BCUT2D eigenvalue weighted by atomic mass is 16.2. The van der Waals surface area contributed by atoms with Crippen LogP contribution in [0.15, 0.2) is 12.1 Å². The molecule has 0 bridgehead atoms. The first-order valence-corrected chi connectivity index (χ1v) is 6.28. The van der Waals surface area contributed by atoms with Crippen LogP contribution in [0, 0.1) is 6.92 Å². The van der Waals surface area contributed by atoms with Crippen molar-refractivity contribution in [3.05, 3.63) is 23.4 Å². The van der Waals surface area contributed by atoms with Gasteiger partial charge in [0.05, 0.1) is 0 Å². The average molecular weight is 264 g/mol. The first-order chi connectivity index (χ1) is 9.06. The number of aryl methyl sites for hydroxylation is 1. The monoisotopic (exact) mass is 264 g/mol. The van der Waals surface area contributed by atoms with E-state index in [4.69, 9.17) is 0 Å². The minimum Gasteiger partial charge on any atom is -0.370 e. The van der Waals surface area contributed by atoms with Gasteiger partial charge < -0.3 is 16.0 Å². The summed E-state index contributed by atoms with van der Waals surface area (Å²) >= 11 is 0. The van der Waals surface area contributed by atoms with Crippen molar-refractivity contribution in [3.8, 4) is 0 Å². The lowest BCUT2D eigenvalue weighted by Gasteiger charge is -2.08. The predicted octanol–water partition coefficient (Wildman–Crippen LogP) is 0.688. The summed E-state index contributed by atoms with van der Waals surface area (Å²) in [5.74, 6) is 0.382. The predicted molar refractivity (Wildman–Crippen MR) is 74.2 cm³/mol. The first kappa shape index (κ1) is 14.9. The Morgan fingerprint density at radius 2 is 2.05 bits per heavy atom. The van der Waals surface area contributed by atoms with E-state index in [1.165, 1.54) is 0 Å². The van der Waals surface area contributed by atoms with E-state index in [-0.39, 0.29) is 18.2 Å². The second-order valence-electron chi connectivity index (χ2n) is 4.09. The topological polar surface area (TPSA) is 83.1 Å². The molecule has 19 heavy (non-hydrogen) atoms. The van der Waals surface area contributed by atoms with Crippen molar-refractivity contribution in [3.63, 3.8) is 0 Å². The molecule has 0 aromatic carbocycles. The summed E-state index contributed by atoms with van der Waals surface area (Å²) < 4.78 is 0. The number of hydrogen-bond donors (Lipinski definition) is 3. The van der Waals surface area contributed by atoms with Crippen molar-refractivity contribution in [2.24, 2.45) is 0 Å². The Morgan fingerprint density at radius 1 is 1.32 bits per heavy atom. The molecule has 0 aliphatic heterocycles. The fourth-order valence-corrected chi connectivity index (χ4v) is 1.59. The van der Waals surface area contributed by atoms with E-state index in [2.05, 4.69) is 20.9 Å². The van der Waals surface area contributed by atoms with Crippen LogP contribution >= 0.6 is 0 Å². The summed E-state index contributed by atoms with van der Waals surface area (Å²) in [6, 6.07) is 3.42. The van der Waals surface area contributed by atoms with Gasteiger partial charge in [0, 0.05) is 37.8 Å². The fraction of sp³-hybridized carbons (Fsp3) is 0.462. The van der Waals surface area contributed by atoms with Gasteiger partial charge in [-0.05, 0) is 26.0 Å². The molecule has 0 radical (unpaired) electrons. The second-order valence-corrected chi connectivity index (χ2v) is 4.09. The van der Waals surface area contributed by atoms with Crippen LogP contribution in [0.25, 0.3) is 0 Å². The third-order valence-corrected chi connectivity index (χ3v) is 2.49. The van der Waals surface area contributed by atoms with Gasteiger partial charge in [-0.2, -0.15) is 0 Å². The highest BCUT2D eigenvalue weighted by molar-refractivity contribution is 5.95. The lowest BCUT2D eigenvalue weighted by atomic mass is 10.2. The molecule has 2 amide bonds. The zero-order valence-corrected chi connectivity index (χ0v) is 11.5. The number of rotatable bonds is 6. The second kappa shape index (κ2) is 7.35. The molecule has 0 aliphatic rings. The Hall–Kier alpha value is -2.11. The molecular formula is C13H20N4O2. The molecule has 0 unspecified atom stereocenters. The van der Waals surface area contributed by atoms with Crippen LogP contribution in [-0.2, 0) is 4.79 Å².